The van der Waals surface area contributed by atoms with Gasteiger partial charge in [0.05, 0.1) is 11.7 Å². The Morgan fingerprint density at radius 3 is 2.97 bits per heavy atom. The Morgan fingerprint density at radius 1 is 1.39 bits per heavy atom. The molecule has 1 N–H and O–H groups in total. The highest BCUT2D eigenvalue weighted by molar-refractivity contribution is 8.14. The van der Waals surface area contributed by atoms with Gasteiger partial charge in [0.2, 0.25) is 0 Å². The third-order valence-electron chi connectivity index (χ3n) is 5.92. The Labute approximate surface area is 188 Å². The number of amides is 1. The van der Waals surface area contributed by atoms with Gasteiger partial charge in [0.1, 0.15) is 12.4 Å². The van der Waals surface area contributed by atoms with E-state index in [-0.39, 0.29) is 18.1 Å². The van der Waals surface area contributed by atoms with Gasteiger partial charge < -0.3 is 19.3 Å². The number of aliphatic imine (C=N–C) groups is 1. The minimum atomic E-state index is -1.15. The second kappa shape index (κ2) is 9.44. The van der Waals surface area contributed by atoms with Gasteiger partial charge in [-0.25, -0.2) is 4.98 Å². The smallest absolute Gasteiger partial charge is 0.281 e. The van der Waals surface area contributed by atoms with Crippen LogP contribution in [0.5, 0.6) is 0 Å². The van der Waals surface area contributed by atoms with Gasteiger partial charge in [-0.05, 0) is 37.4 Å². The van der Waals surface area contributed by atoms with Crippen molar-refractivity contribution < 1.29 is 14.6 Å². The number of hydrogen-bond donors (Lipinski definition) is 1. The average molecular weight is 461 g/mol. The standard InChI is InChI=1S/C22H32N4O3SSi/c1-31(2,3)12-10-29-15-25-14-19(18-5-4-8-23-20(18)25)21(28)24-22-26(9-11-30-22)16-6-7-17(27)13-16/h4-5,8,14,16-17,27H,6-7,9-13,15H2,1-3H3/b24-22-. The van der Waals surface area contributed by atoms with E-state index in [1.165, 1.54) is 0 Å². The molecule has 2 unspecified atom stereocenters. The molecule has 31 heavy (non-hydrogen) atoms. The van der Waals surface area contributed by atoms with E-state index in [0.717, 1.165) is 53.8 Å². The molecule has 3 heterocycles. The summed E-state index contributed by atoms with van der Waals surface area (Å²) in [6.07, 6.45) is 5.85. The molecule has 7 nitrogen and oxygen atoms in total. The number of fused-ring (bicyclic) bond motifs is 1. The lowest BCUT2D eigenvalue weighted by Gasteiger charge is -2.25. The minimum Gasteiger partial charge on any atom is -0.393 e. The van der Waals surface area contributed by atoms with Crippen molar-refractivity contribution in [2.24, 2.45) is 4.99 Å². The lowest BCUT2D eigenvalue weighted by molar-refractivity contribution is 0.0895. The monoisotopic (exact) mass is 460 g/mol. The zero-order valence-electron chi connectivity index (χ0n) is 18.6. The molecule has 2 fully saturated rings. The molecule has 9 heteroatoms. The van der Waals surface area contributed by atoms with Crippen molar-refractivity contribution in [2.45, 2.75) is 63.8 Å². The minimum absolute atomic E-state index is 0.238. The van der Waals surface area contributed by atoms with Crippen molar-refractivity contribution in [2.75, 3.05) is 18.9 Å². The van der Waals surface area contributed by atoms with Crippen LogP contribution in [0.15, 0.2) is 29.5 Å². The summed E-state index contributed by atoms with van der Waals surface area (Å²) >= 11 is 1.62. The van der Waals surface area contributed by atoms with Crippen LogP contribution in [0.25, 0.3) is 11.0 Å². The molecular weight excluding hydrogens is 428 g/mol. The molecule has 2 aliphatic rings. The van der Waals surface area contributed by atoms with E-state index in [4.69, 9.17) is 4.74 Å². The summed E-state index contributed by atoms with van der Waals surface area (Å²) in [4.78, 5) is 24.3. The fraction of sp³-hybridized carbons (Fsp3) is 0.591. The molecule has 4 rings (SSSR count). The third kappa shape index (κ3) is 5.39. The van der Waals surface area contributed by atoms with Crippen molar-refractivity contribution in [3.63, 3.8) is 0 Å². The fourth-order valence-electron chi connectivity index (χ4n) is 4.15. The molecule has 1 aliphatic carbocycles. The highest BCUT2D eigenvalue weighted by Gasteiger charge is 2.33. The van der Waals surface area contributed by atoms with E-state index in [1.807, 2.05) is 22.9 Å². The van der Waals surface area contributed by atoms with E-state index in [2.05, 4.69) is 34.5 Å². The quantitative estimate of drug-likeness (QED) is 0.500. The van der Waals surface area contributed by atoms with Gasteiger partial charge in [-0.2, -0.15) is 4.99 Å². The lowest BCUT2D eigenvalue weighted by atomic mass is 10.2. The maximum Gasteiger partial charge on any atom is 0.281 e. The summed E-state index contributed by atoms with van der Waals surface area (Å²) < 4.78 is 7.80. The second-order valence-electron chi connectivity index (χ2n) is 9.60. The molecule has 2 aromatic rings. The predicted octanol–water partition coefficient (Wildman–Crippen LogP) is 3.81. The van der Waals surface area contributed by atoms with E-state index >= 15 is 0 Å². The Hall–Kier alpha value is -1.68. The zero-order valence-corrected chi connectivity index (χ0v) is 20.4. The van der Waals surface area contributed by atoms with Crippen LogP contribution in [0.3, 0.4) is 0 Å². The number of thioether (sulfide) groups is 1. The topological polar surface area (TPSA) is 80.0 Å². The van der Waals surface area contributed by atoms with Crippen LogP contribution in [0, 0.1) is 0 Å². The van der Waals surface area contributed by atoms with Crippen LogP contribution < -0.4 is 0 Å². The number of aromatic nitrogens is 2. The van der Waals surface area contributed by atoms with Gasteiger partial charge >= 0.3 is 0 Å². The normalized spacial score (nSPS) is 23.4. The van der Waals surface area contributed by atoms with Gasteiger partial charge in [-0.15, -0.1) is 0 Å². The van der Waals surface area contributed by atoms with Crippen LogP contribution in [-0.2, 0) is 11.5 Å². The summed E-state index contributed by atoms with van der Waals surface area (Å²) in [5, 5.41) is 11.5. The number of nitrogens with zero attached hydrogens (tertiary/aromatic N) is 4. The Balaban J connectivity index is 1.52. The van der Waals surface area contributed by atoms with Crippen molar-refractivity contribution in [1.82, 2.24) is 14.5 Å². The van der Waals surface area contributed by atoms with Crippen LogP contribution >= 0.6 is 11.8 Å². The number of rotatable bonds is 7. The molecule has 1 saturated carbocycles. The number of aliphatic hydroxyl groups is 1. The SMILES string of the molecule is C[Si](C)(C)CCOCn1cc(C(=O)/N=C2\SCCN2C2CCC(O)C2)c2cccnc21. The maximum absolute atomic E-state index is 13.2. The predicted molar refractivity (Wildman–Crippen MR) is 128 cm³/mol. The first-order chi connectivity index (χ1) is 14.8. The average Bonchev–Trinajstić information content (AvgIpc) is 3.43. The van der Waals surface area contributed by atoms with Crippen LogP contribution in [0.4, 0.5) is 0 Å². The summed E-state index contributed by atoms with van der Waals surface area (Å²) in [6, 6.07) is 5.14. The second-order valence-corrected chi connectivity index (χ2v) is 16.3. The van der Waals surface area contributed by atoms with Gasteiger partial charge in [-0.1, -0.05) is 31.4 Å². The number of carbonyl (C=O) groups is 1. The summed E-state index contributed by atoms with van der Waals surface area (Å²) in [6.45, 7) is 8.96. The fourth-order valence-corrected chi connectivity index (χ4v) is 5.93. The zero-order chi connectivity index (χ0) is 22.0. The number of ether oxygens (including phenoxy) is 1. The molecule has 1 saturated heterocycles. The number of pyridine rings is 1. The molecule has 0 radical (unpaired) electrons. The van der Waals surface area contributed by atoms with Crippen molar-refractivity contribution in [3.05, 3.63) is 30.1 Å². The Morgan fingerprint density at radius 2 is 2.23 bits per heavy atom. The highest BCUT2D eigenvalue weighted by atomic mass is 32.2. The molecule has 168 valence electrons. The number of amidine groups is 1. The number of carbonyl (C=O) groups excluding carboxylic acids is 1. The summed E-state index contributed by atoms with van der Waals surface area (Å²) in [5.41, 5.74) is 1.30. The van der Waals surface area contributed by atoms with Crippen molar-refractivity contribution >= 4 is 41.9 Å². The van der Waals surface area contributed by atoms with Gasteiger partial charge in [0.25, 0.3) is 5.91 Å². The number of hydrogen-bond acceptors (Lipinski definition) is 5. The first-order valence-electron chi connectivity index (χ1n) is 11.0. The van der Waals surface area contributed by atoms with Crippen LogP contribution in [0.1, 0.15) is 29.6 Å². The molecule has 2 atom stereocenters. The lowest BCUT2D eigenvalue weighted by Crippen LogP contribution is -2.35. The van der Waals surface area contributed by atoms with E-state index < -0.39 is 8.07 Å². The van der Waals surface area contributed by atoms with E-state index in [9.17, 15) is 9.90 Å². The molecule has 0 bridgehead atoms. The highest BCUT2D eigenvalue weighted by Crippen LogP contribution is 2.31. The molecule has 1 amide bonds. The van der Waals surface area contributed by atoms with Crippen molar-refractivity contribution in [1.29, 1.82) is 0 Å². The Kier molecular flexibility index (Phi) is 6.85. The first kappa shape index (κ1) is 22.5. The molecule has 0 spiro atoms. The van der Waals surface area contributed by atoms with Gasteiger partial charge in [-0.3, -0.25) is 4.79 Å². The first-order valence-corrected chi connectivity index (χ1v) is 15.7. The Bertz CT molecular complexity index is 971. The van der Waals surface area contributed by atoms with Gasteiger partial charge in [0.15, 0.2) is 5.17 Å². The van der Waals surface area contributed by atoms with Crippen molar-refractivity contribution in [3.8, 4) is 0 Å². The van der Waals surface area contributed by atoms with E-state index in [0.29, 0.717) is 18.9 Å². The van der Waals surface area contributed by atoms with Crippen LogP contribution in [0.2, 0.25) is 25.7 Å². The number of aliphatic hydroxyl groups excluding tert-OH is 1. The molecule has 1 aliphatic heterocycles. The molecular formula is C22H32N4O3SSi. The van der Waals surface area contributed by atoms with E-state index in [1.54, 1.807) is 18.0 Å². The third-order valence-corrected chi connectivity index (χ3v) is 8.59. The summed E-state index contributed by atoms with van der Waals surface area (Å²) in [5.74, 6) is 0.680. The summed E-state index contributed by atoms with van der Waals surface area (Å²) in [7, 11) is -1.15. The largest absolute Gasteiger partial charge is 0.393 e. The van der Waals surface area contributed by atoms with Gasteiger partial charge in [0, 0.05) is 50.8 Å². The maximum atomic E-state index is 13.2. The van der Waals surface area contributed by atoms with Crippen LogP contribution in [-0.4, -0.2) is 69.8 Å². The molecule has 2 aromatic heterocycles. The molecule has 0 aromatic carbocycles.